The summed E-state index contributed by atoms with van der Waals surface area (Å²) in [5.41, 5.74) is 1.36. The summed E-state index contributed by atoms with van der Waals surface area (Å²) >= 11 is 0. The molecule has 2 N–H and O–H groups in total. The first-order chi connectivity index (χ1) is 10.7. The second-order valence-corrected chi connectivity index (χ2v) is 6.74. The zero-order valence-corrected chi connectivity index (χ0v) is 13.4. The Kier molecular flexibility index (Phi) is 4.65. The van der Waals surface area contributed by atoms with Crippen molar-refractivity contribution in [1.29, 1.82) is 0 Å². The molecule has 0 radical (unpaired) electrons. The third-order valence-electron chi connectivity index (χ3n) is 5.09. The van der Waals surface area contributed by atoms with Gasteiger partial charge in [0.15, 0.2) is 5.96 Å². The van der Waals surface area contributed by atoms with Crippen molar-refractivity contribution >= 4 is 5.96 Å². The van der Waals surface area contributed by atoms with Crippen LogP contribution in [-0.4, -0.2) is 26.1 Å². The van der Waals surface area contributed by atoms with Gasteiger partial charge in [0.25, 0.3) is 0 Å². The highest BCUT2D eigenvalue weighted by Gasteiger charge is 2.35. The van der Waals surface area contributed by atoms with Crippen LogP contribution in [0.5, 0.6) is 0 Å². The van der Waals surface area contributed by atoms with Crippen LogP contribution in [0.1, 0.15) is 44.1 Å². The van der Waals surface area contributed by atoms with Crippen molar-refractivity contribution in [3.05, 3.63) is 35.6 Å². The van der Waals surface area contributed by atoms with Crippen LogP contribution < -0.4 is 10.6 Å². The van der Waals surface area contributed by atoms with E-state index in [1.54, 1.807) is 12.1 Å². The second kappa shape index (κ2) is 6.67. The van der Waals surface area contributed by atoms with Crippen LogP contribution in [0.3, 0.4) is 0 Å². The van der Waals surface area contributed by atoms with E-state index in [1.165, 1.54) is 31.2 Å². The Balaban J connectivity index is 1.64. The monoisotopic (exact) mass is 303 g/mol. The number of guanidine groups is 1. The zero-order chi connectivity index (χ0) is 15.4. The fraction of sp³-hybridized carbons (Fsp3) is 0.611. The van der Waals surface area contributed by atoms with Gasteiger partial charge in [-0.15, -0.1) is 0 Å². The van der Waals surface area contributed by atoms with Gasteiger partial charge in [0.2, 0.25) is 0 Å². The van der Waals surface area contributed by atoms with E-state index in [9.17, 15) is 4.39 Å². The maximum atomic E-state index is 13.2. The number of rotatable bonds is 5. The molecule has 0 aliphatic heterocycles. The molecule has 2 saturated carbocycles. The van der Waals surface area contributed by atoms with E-state index in [0.717, 1.165) is 37.8 Å². The van der Waals surface area contributed by atoms with E-state index in [2.05, 4.69) is 15.6 Å². The molecular weight excluding hydrogens is 277 g/mol. The normalized spacial score (nSPS) is 20.9. The molecule has 3 nitrogen and oxygen atoms in total. The van der Waals surface area contributed by atoms with Crippen LogP contribution >= 0.6 is 0 Å². The van der Waals surface area contributed by atoms with E-state index in [4.69, 9.17) is 0 Å². The van der Waals surface area contributed by atoms with Crippen molar-refractivity contribution < 1.29 is 4.39 Å². The van der Waals surface area contributed by atoms with Gasteiger partial charge >= 0.3 is 0 Å². The third-order valence-corrected chi connectivity index (χ3v) is 5.09. The predicted molar refractivity (Wildman–Crippen MR) is 88.6 cm³/mol. The first-order valence-electron chi connectivity index (χ1n) is 8.42. The van der Waals surface area contributed by atoms with Crippen LogP contribution in [0.4, 0.5) is 4.39 Å². The molecule has 0 bridgehead atoms. The zero-order valence-electron chi connectivity index (χ0n) is 13.4. The molecule has 4 heteroatoms. The summed E-state index contributed by atoms with van der Waals surface area (Å²) in [7, 11) is 1.82. The third kappa shape index (κ3) is 3.60. The van der Waals surface area contributed by atoms with Crippen LogP contribution in [-0.2, 0) is 5.41 Å². The lowest BCUT2D eigenvalue weighted by molar-refractivity contribution is 0.430. The van der Waals surface area contributed by atoms with Crippen LogP contribution in [0.25, 0.3) is 0 Å². The molecule has 3 rings (SSSR count). The Labute approximate surface area is 132 Å². The standard InChI is InChI=1S/C18H26FN3/c1-20-17(21-12-14-4-5-14)22-13-18(10-2-3-11-18)15-6-8-16(19)9-7-15/h6-9,14H,2-5,10-13H2,1H3,(H2,20,21,22). The fourth-order valence-electron chi connectivity index (χ4n) is 3.46. The Morgan fingerprint density at radius 3 is 2.45 bits per heavy atom. The van der Waals surface area contributed by atoms with Crippen LogP contribution in [0, 0.1) is 11.7 Å². The van der Waals surface area contributed by atoms with Gasteiger partial charge in [0, 0.05) is 25.6 Å². The number of hydrogen-bond donors (Lipinski definition) is 2. The Morgan fingerprint density at radius 1 is 1.18 bits per heavy atom. The predicted octanol–water partition coefficient (Wildman–Crippen LogP) is 3.21. The topological polar surface area (TPSA) is 36.4 Å². The summed E-state index contributed by atoms with van der Waals surface area (Å²) in [4.78, 5) is 4.32. The van der Waals surface area contributed by atoms with Gasteiger partial charge in [-0.05, 0) is 49.3 Å². The van der Waals surface area contributed by atoms with Gasteiger partial charge in [-0.2, -0.15) is 0 Å². The molecule has 0 atom stereocenters. The molecule has 0 unspecified atom stereocenters. The first-order valence-corrected chi connectivity index (χ1v) is 8.42. The highest BCUT2D eigenvalue weighted by molar-refractivity contribution is 5.79. The van der Waals surface area contributed by atoms with Gasteiger partial charge in [-0.1, -0.05) is 25.0 Å². The van der Waals surface area contributed by atoms with Crippen molar-refractivity contribution in [1.82, 2.24) is 10.6 Å². The smallest absolute Gasteiger partial charge is 0.191 e. The number of benzene rings is 1. The van der Waals surface area contributed by atoms with Crippen LogP contribution in [0.2, 0.25) is 0 Å². The van der Waals surface area contributed by atoms with Crippen molar-refractivity contribution in [3.63, 3.8) is 0 Å². The number of nitrogens with one attached hydrogen (secondary N) is 2. The summed E-state index contributed by atoms with van der Waals surface area (Å²) in [6.07, 6.45) is 7.48. The van der Waals surface area contributed by atoms with Crippen molar-refractivity contribution in [2.24, 2.45) is 10.9 Å². The fourth-order valence-corrected chi connectivity index (χ4v) is 3.46. The minimum atomic E-state index is -0.160. The summed E-state index contributed by atoms with van der Waals surface area (Å²) in [5, 5.41) is 6.91. The Bertz CT molecular complexity index is 514. The number of hydrogen-bond acceptors (Lipinski definition) is 1. The molecule has 0 heterocycles. The molecule has 0 saturated heterocycles. The molecule has 0 aromatic heterocycles. The highest BCUT2D eigenvalue weighted by atomic mass is 19.1. The molecule has 0 amide bonds. The van der Waals surface area contributed by atoms with E-state index < -0.39 is 0 Å². The average Bonchev–Trinajstić information content (AvgIpc) is 3.24. The number of nitrogens with zero attached hydrogens (tertiary/aromatic N) is 1. The highest BCUT2D eigenvalue weighted by Crippen LogP contribution is 2.40. The molecular formula is C18H26FN3. The summed E-state index contributed by atoms with van der Waals surface area (Å²) < 4.78 is 13.2. The molecule has 0 spiro atoms. The number of aliphatic imine (C=N–C) groups is 1. The molecule has 1 aromatic rings. The van der Waals surface area contributed by atoms with E-state index in [0.29, 0.717) is 0 Å². The molecule has 2 aliphatic rings. The van der Waals surface area contributed by atoms with Gasteiger partial charge in [0.05, 0.1) is 0 Å². The Hall–Kier alpha value is -1.58. The largest absolute Gasteiger partial charge is 0.356 e. The van der Waals surface area contributed by atoms with Gasteiger partial charge in [-0.3, -0.25) is 4.99 Å². The lowest BCUT2D eigenvalue weighted by Crippen LogP contribution is -2.45. The van der Waals surface area contributed by atoms with Crippen LogP contribution in [0.15, 0.2) is 29.3 Å². The van der Waals surface area contributed by atoms with Crippen molar-refractivity contribution in [2.45, 2.75) is 43.9 Å². The second-order valence-electron chi connectivity index (χ2n) is 6.74. The lowest BCUT2D eigenvalue weighted by Gasteiger charge is -2.31. The molecule has 2 fully saturated rings. The van der Waals surface area contributed by atoms with Gasteiger partial charge in [-0.25, -0.2) is 4.39 Å². The quantitative estimate of drug-likeness (QED) is 0.647. The van der Waals surface area contributed by atoms with Gasteiger partial charge in [0.1, 0.15) is 5.82 Å². The summed E-state index contributed by atoms with van der Waals surface area (Å²) in [6.45, 7) is 1.88. The SMILES string of the molecule is CN=C(NCC1CC1)NCC1(c2ccc(F)cc2)CCCC1. The molecule has 22 heavy (non-hydrogen) atoms. The van der Waals surface area contributed by atoms with Crippen molar-refractivity contribution in [2.75, 3.05) is 20.1 Å². The summed E-state index contributed by atoms with van der Waals surface area (Å²) in [5.74, 6) is 1.56. The van der Waals surface area contributed by atoms with E-state index in [-0.39, 0.29) is 11.2 Å². The minimum absolute atomic E-state index is 0.116. The van der Waals surface area contributed by atoms with Crippen molar-refractivity contribution in [3.8, 4) is 0 Å². The Morgan fingerprint density at radius 2 is 1.86 bits per heavy atom. The minimum Gasteiger partial charge on any atom is -0.356 e. The summed E-state index contributed by atoms with van der Waals surface area (Å²) in [6, 6.07) is 7.05. The number of halogens is 1. The lowest BCUT2D eigenvalue weighted by atomic mass is 9.79. The van der Waals surface area contributed by atoms with E-state index in [1.807, 2.05) is 19.2 Å². The average molecular weight is 303 g/mol. The van der Waals surface area contributed by atoms with E-state index >= 15 is 0 Å². The van der Waals surface area contributed by atoms with Gasteiger partial charge < -0.3 is 10.6 Å². The first kappa shape index (κ1) is 15.3. The molecule has 120 valence electrons. The molecule has 2 aliphatic carbocycles. The molecule has 1 aromatic carbocycles. The maximum absolute atomic E-state index is 13.2. The maximum Gasteiger partial charge on any atom is 0.191 e.